The summed E-state index contributed by atoms with van der Waals surface area (Å²) in [4.78, 5) is 17.4. The molecule has 0 unspecified atom stereocenters. The van der Waals surface area contributed by atoms with Crippen molar-refractivity contribution in [1.29, 1.82) is 0 Å². The van der Waals surface area contributed by atoms with Crippen LogP contribution in [0.5, 0.6) is 0 Å². The van der Waals surface area contributed by atoms with Crippen molar-refractivity contribution in [3.8, 4) is 0 Å². The van der Waals surface area contributed by atoms with Crippen LogP contribution in [0.2, 0.25) is 5.02 Å². The number of amides is 1. The average molecular weight is 323 g/mol. The zero-order chi connectivity index (χ0) is 16.1. The molecular formula is C18H27ClN2O. The molecule has 1 amide bonds. The number of likely N-dealkylation sites (tertiary alicyclic amines) is 1. The van der Waals surface area contributed by atoms with Crippen LogP contribution in [0.15, 0.2) is 24.3 Å². The first-order chi connectivity index (χ1) is 10.5. The lowest BCUT2D eigenvalue weighted by Gasteiger charge is -2.36. The van der Waals surface area contributed by atoms with E-state index in [1.165, 1.54) is 12.8 Å². The standard InChI is InChI=1S/C18H27ClN2O/c1-4-21(18(22)15-7-9-16(19)10-8-15)17(14(2)3)13-20-11-5-6-12-20/h7-10,14,17H,4-6,11-13H2,1-3H3/t17-/m1/s1. The van der Waals surface area contributed by atoms with Crippen LogP contribution in [0.3, 0.4) is 0 Å². The second-order valence-electron chi connectivity index (χ2n) is 6.42. The number of halogens is 1. The van der Waals surface area contributed by atoms with Gasteiger partial charge in [-0.25, -0.2) is 0 Å². The summed E-state index contributed by atoms with van der Waals surface area (Å²) in [6, 6.07) is 7.47. The largest absolute Gasteiger partial charge is 0.334 e. The van der Waals surface area contributed by atoms with Gasteiger partial charge < -0.3 is 9.80 Å². The molecule has 1 aliphatic rings. The third-order valence-corrected chi connectivity index (χ3v) is 4.76. The van der Waals surface area contributed by atoms with Gasteiger partial charge in [0.25, 0.3) is 5.91 Å². The lowest BCUT2D eigenvalue weighted by atomic mass is 10.0. The third-order valence-electron chi connectivity index (χ3n) is 4.51. The Bertz CT molecular complexity index is 480. The van der Waals surface area contributed by atoms with E-state index in [-0.39, 0.29) is 11.9 Å². The molecule has 3 nitrogen and oxygen atoms in total. The van der Waals surface area contributed by atoms with Crippen molar-refractivity contribution in [2.45, 2.75) is 39.7 Å². The Labute approximate surface area is 139 Å². The van der Waals surface area contributed by atoms with Gasteiger partial charge in [-0.3, -0.25) is 4.79 Å². The molecule has 22 heavy (non-hydrogen) atoms. The van der Waals surface area contributed by atoms with Crippen LogP contribution >= 0.6 is 11.6 Å². The van der Waals surface area contributed by atoms with Crippen molar-refractivity contribution < 1.29 is 4.79 Å². The van der Waals surface area contributed by atoms with Gasteiger partial charge in [0.2, 0.25) is 0 Å². The molecule has 0 aliphatic carbocycles. The van der Waals surface area contributed by atoms with Gasteiger partial charge in [-0.15, -0.1) is 0 Å². The molecule has 0 radical (unpaired) electrons. The first-order valence-corrected chi connectivity index (χ1v) is 8.69. The molecule has 1 heterocycles. The summed E-state index contributed by atoms with van der Waals surface area (Å²) in [6.45, 7) is 10.5. The smallest absolute Gasteiger partial charge is 0.254 e. The highest BCUT2D eigenvalue weighted by atomic mass is 35.5. The Morgan fingerprint density at radius 2 is 1.82 bits per heavy atom. The van der Waals surface area contributed by atoms with E-state index in [4.69, 9.17) is 11.6 Å². The van der Waals surface area contributed by atoms with Crippen LogP contribution < -0.4 is 0 Å². The number of benzene rings is 1. The first kappa shape index (κ1) is 17.3. The maximum Gasteiger partial charge on any atom is 0.254 e. The molecule has 0 spiro atoms. The topological polar surface area (TPSA) is 23.6 Å². The number of carbonyl (C=O) groups is 1. The number of carbonyl (C=O) groups excluding carboxylic acids is 1. The predicted molar refractivity (Wildman–Crippen MR) is 92.5 cm³/mol. The molecule has 1 atom stereocenters. The molecule has 1 aromatic rings. The average Bonchev–Trinajstić information content (AvgIpc) is 3.00. The Morgan fingerprint density at radius 3 is 2.32 bits per heavy atom. The van der Waals surface area contributed by atoms with Crippen molar-refractivity contribution >= 4 is 17.5 Å². The van der Waals surface area contributed by atoms with Crippen LogP contribution in [-0.4, -0.2) is 47.9 Å². The van der Waals surface area contributed by atoms with Crippen LogP contribution in [0, 0.1) is 5.92 Å². The van der Waals surface area contributed by atoms with E-state index in [9.17, 15) is 4.79 Å². The molecule has 0 N–H and O–H groups in total. The summed E-state index contributed by atoms with van der Waals surface area (Å²) < 4.78 is 0. The first-order valence-electron chi connectivity index (χ1n) is 8.31. The van der Waals surface area contributed by atoms with Crippen LogP contribution in [-0.2, 0) is 0 Å². The van der Waals surface area contributed by atoms with Gasteiger partial charge in [0, 0.05) is 29.7 Å². The summed E-state index contributed by atoms with van der Waals surface area (Å²) in [5.74, 6) is 0.550. The lowest BCUT2D eigenvalue weighted by molar-refractivity contribution is 0.0585. The minimum Gasteiger partial charge on any atom is -0.334 e. The molecule has 1 fully saturated rings. The van der Waals surface area contributed by atoms with E-state index < -0.39 is 0 Å². The Hall–Kier alpha value is -1.06. The SMILES string of the molecule is CCN(C(=O)c1ccc(Cl)cc1)[C@H](CN1CCCC1)C(C)C. The zero-order valence-electron chi connectivity index (χ0n) is 13.9. The normalized spacial score (nSPS) is 17.0. The van der Waals surface area contributed by atoms with Gasteiger partial charge in [0.05, 0.1) is 0 Å². The van der Waals surface area contributed by atoms with Gasteiger partial charge in [-0.1, -0.05) is 25.4 Å². The van der Waals surface area contributed by atoms with E-state index in [0.717, 1.165) is 31.7 Å². The highest BCUT2D eigenvalue weighted by molar-refractivity contribution is 6.30. The number of nitrogens with zero attached hydrogens (tertiary/aromatic N) is 2. The Morgan fingerprint density at radius 1 is 1.23 bits per heavy atom. The summed E-state index contributed by atoms with van der Waals surface area (Å²) in [6.07, 6.45) is 2.56. The maximum absolute atomic E-state index is 12.9. The van der Waals surface area contributed by atoms with Gasteiger partial charge in [-0.05, 0) is 63.0 Å². The van der Waals surface area contributed by atoms with Crippen molar-refractivity contribution in [2.24, 2.45) is 5.92 Å². The summed E-state index contributed by atoms with van der Waals surface area (Å²) in [5, 5.41) is 0.664. The van der Waals surface area contributed by atoms with Crippen molar-refractivity contribution in [2.75, 3.05) is 26.2 Å². The van der Waals surface area contributed by atoms with Crippen molar-refractivity contribution in [3.05, 3.63) is 34.9 Å². The number of likely N-dealkylation sites (N-methyl/N-ethyl adjacent to an activating group) is 1. The highest BCUT2D eigenvalue weighted by Crippen LogP contribution is 2.19. The fourth-order valence-corrected chi connectivity index (χ4v) is 3.31. The van der Waals surface area contributed by atoms with Gasteiger partial charge in [0.1, 0.15) is 0 Å². The van der Waals surface area contributed by atoms with Crippen molar-refractivity contribution in [3.63, 3.8) is 0 Å². The minimum absolute atomic E-state index is 0.108. The lowest BCUT2D eigenvalue weighted by Crippen LogP contribution is -2.49. The Balaban J connectivity index is 2.14. The van der Waals surface area contributed by atoms with E-state index in [1.807, 2.05) is 17.0 Å². The molecule has 4 heteroatoms. The van der Waals surface area contributed by atoms with E-state index in [2.05, 4.69) is 25.7 Å². The summed E-state index contributed by atoms with van der Waals surface area (Å²) in [5.41, 5.74) is 0.721. The number of rotatable bonds is 6. The fourth-order valence-electron chi connectivity index (χ4n) is 3.19. The van der Waals surface area contributed by atoms with Crippen LogP contribution in [0.1, 0.15) is 44.0 Å². The predicted octanol–water partition coefficient (Wildman–Crippen LogP) is 3.92. The van der Waals surface area contributed by atoms with Gasteiger partial charge in [-0.2, -0.15) is 0 Å². The molecule has 2 rings (SSSR count). The van der Waals surface area contributed by atoms with Gasteiger partial charge in [0.15, 0.2) is 0 Å². The quantitative estimate of drug-likeness (QED) is 0.792. The van der Waals surface area contributed by atoms with Gasteiger partial charge >= 0.3 is 0 Å². The fraction of sp³-hybridized carbons (Fsp3) is 0.611. The third kappa shape index (κ3) is 4.23. The molecule has 122 valence electrons. The zero-order valence-corrected chi connectivity index (χ0v) is 14.6. The summed E-state index contributed by atoms with van der Waals surface area (Å²) >= 11 is 5.92. The van der Waals surface area contributed by atoms with Crippen LogP contribution in [0.25, 0.3) is 0 Å². The second-order valence-corrected chi connectivity index (χ2v) is 6.85. The molecule has 1 saturated heterocycles. The minimum atomic E-state index is 0.108. The highest BCUT2D eigenvalue weighted by Gasteiger charge is 2.28. The Kier molecular flexibility index (Phi) is 6.27. The maximum atomic E-state index is 12.9. The monoisotopic (exact) mass is 322 g/mol. The summed E-state index contributed by atoms with van der Waals surface area (Å²) in [7, 11) is 0. The molecule has 1 aromatic carbocycles. The van der Waals surface area contributed by atoms with E-state index in [0.29, 0.717) is 10.9 Å². The van der Waals surface area contributed by atoms with Crippen LogP contribution in [0.4, 0.5) is 0 Å². The molecular weight excluding hydrogens is 296 g/mol. The second kappa shape index (κ2) is 7.98. The van der Waals surface area contributed by atoms with E-state index >= 15 is 0 Å². The molecule has 0 saturated carbocycles. The van der Waals surface area contributed by atoms with E-state index in [1.54, 1.807) is 12.1 Å². The number of hydrogen-bond acceptors (Lipinski definition) is 2. The number of hydrogen-bond donors (Lipinski definition) is 0. The van der Waals surface area contributed by atoms with Crippen molar-refractivity contribution in [1.82, 2.24) is 9.80 Å². The molecule has 0 bridgehead atoms. The molecule has 0 aromatic heterocycles. The molecule has 1 aliphatic heterocycles.